The molecular weight excluding hydrogens is 458 g/mol. The van der Waals surface area contributed by atoms with Crippen molar-refractivity contribution in [3.63, 3.8) is 0 Å². The van der Waals surface area contributed by atoms with E-state index >= 15 is 0 Å². The zero-order valence-corrected chi connectivity index (χ0v) is 20.7. The number of rotatable bonds is 9. The van der Waals surface area contributed by atoms with E-state index in [1.807, 2.05) is 6.07 Å². The molecule has 0 amide bonds. The summed E-state index contributed by atoms with van der Waals surface area (Å²) in [6.45, 7) is 8.37. The minimum atomic E-state index is -3.75. The maximum Gasteiger partial charge on any atom is 0.255 e. The van der Waals surface area contributed by atoms with Crippen molar-refractivity contribution in [2.75, 3.05) is 24.7 Å². The lowest BCUT2D eigenvalue weighted by molar-refractivity contribution is 0.420. The molecule has 0 aromatic carbocycles. The summed E-state index contributed by atoms with van der Waals surface area (Å²) < 4.78 is 40.0. The summed E-state index contributed by atoms with van der Waals surface area (Å²) in [5.74, 6) is 1.91. The van der Waals surface area contributed by atoms with E-state index < -0.39 is 10.0 Å². The normalized spacial score (nSPS) is 13.3. The van der Waals surface area contributed by atoms with Crippen LogP contribution >= 0.6 is 23.1 Å². The molecule has 0 saturated heterocycles. The molecule has 0 bridgehead atoms. The van der Waals surface area contributed by atoms with Gasteiger partial charge < -0.3 is 20.2 Å². The second-order valence-corrected chi connectivity index (χ2v) is 11.7. The Morgan fingerprint density at radius 2 is 1.84 bits per heavy atom. The van der Waals surface area contributed by atoms with Gasteiger partial charge in [0.05, 0.1) is 29.7 Å². The van der Waals surface area contributed by atoms with Crippen molar-refractivity contribution >= 4 is 50.4 Å². The van der Waals surface area contributed by atoms with Crippen LogP contribution in [0.3, 0.4) is 0 Å². The lowest BCUT2D eigenvalue weighted by Crippen LogP contribution is -2.21. The van der Waals surface area contributed by atoms with E-state index in [9.17, 15) is 13.5 Å². The first-order chi connectivity index (χ1) is 14.5. The molecule has 3 heterocycles. The Morgan fingerprint density at radius 3 is 2.42 bits per heavy atom. The summed E-state index contributed by atoms with van der Waals surface area (Å²) in [5.41, 5.74) is 1.37. The van der Waals surface area contributed by atoms with E-state index in [0.29, 0.717) is 17.6 Å². The van der Waals surface area contributed by atoms with Gasteiger partial charge in [0.2, 0.25) is 0 Å². The third-order valence-electron chi connectivity index (χ3n) is 4.76. The molecule has 0 aliphatic heterocycles. The Labute approximate surface area is 190 Å². The molecule has 3 rings (SSSR count). The molecule has 0 radical (unpaired) electrons. The SMILES string of the molecule is CC(C)c1coc([C@H](Nc2nsnc2Nc2csc(S(=O)(=O)N(C)C)c2O)C(C)C)c1. The highest BCUT2D eigenvalue weighted by atomic mass is 32.2. The third kappa shape index (κ3) is 4.86. The minimum Gasteiger partial charge on any atom is -0.504 e. The Hall–Kier alpha value is -2.15. The van der Waals surface area contributed by atoms with Crippen molar-refractivity contribution in [1.29, 1.82) is 0 Å². The molecular formula is C19H27N5O4S3. The summed E-state index contributed by atoms with van der Waals surface area (Å²) in [6, 6.07) is 1.90. The highest BCUT2D eigenvalue weighted by molar-refractivity contribution is 7.91. The van der Waals surface area contributed by atoms with Crippen molar-refractivity contribution in [2.24, 2.45) is 5.92 Å². The zero-order chi connectivity index (χ0) is 22.9. The van der Waals surface area contributed by atoms with Crippen molar-refractivity contribution in [3.8, 4) is 5.75 Å². The molecule has 0 saturated carbocycles. The molecule has 3 aromatic rings. The predicted molar refractivity (Wildman–Crippen MR) is 124 cm³/mol. The molecule has 12 heteroatoms. The lowest BCUT2D eigenvalue weighted by Gasteiger charge is -2.20. The molecule has 0 aliphatic carbocycles. The van der Waals surface area contributed by atoms with Gasteiger partial charge in [0, 0.05) is 19.5 Å². The van der Waals surface area contributed by atoms with Gasteiger partial charge in [0.15, 0.2) is 21.6 Å². The van der Waals surface area contributed by atoms with Crippen LogP contribution in [0.15, 0.2) is 26.3 Å². The predicted octanol–water partition coefficient (Wildman–Crippen LogP) is 4.82. The van der Waals surface area contributed by atoms with Gasteiger partial charge >= 0.3 is 0 Å². The Balaban J connectivity index is 1.85. The molecule has 0 fully saturated rings. The fourth-order valence-electron chi connectivity index (χ4n) is 2.81. The maximum absolute atomic E-state index is 12.4. The van der Waals surface area contributed by atoms with E-state index in [4.69, 9.17) is 4.42 Å². The lowest BCUT2D eigenvalue weighted by atomic mass is 9.99. The number of nitrogens with zero attached hydrogens (tertiary/aromatic N) is 3. The van der Waals surface area contributed by atoms with Gasteiger partial charge in [-0.3, -0.25) is 0 Å². The first-order valence-electron chi connectivity index (χ1n) is 9.69. The van der Waals surface area contributed by atoms with Crippen LogP contribution in [0.2, 0.25) is 0 Å². The number of hydrogen-bond donors (Lipinski definition) is 3. The number of nitrogens with one attached hydrogen (secondary N) is 2. The van der Waals surface area contributed by atoms with Crippen LogP contribution in [0, 0.1) is 5.92 Å². The maximum atomic E-state index is 12.4. The molecule has 170 valence electrons. The summed E-state index contributed by atoms with van der Waals surface area (Å²) in [5, 5.41) is 18.4. The number of thiophene rings is 1. The van der Waals surface area contributed by atoms with Crippen LogP contribution in [0.1, 0.15) is 51.0 Å². The van der Waals surface area contributed by atoms with Gasteiger partial charge in [-0.05, 0) is 23.5 Å². The number of aromatic hydroxyl groups is 1. The highest BCUT2D eigenvalue weighted by Crippen LogP contribution is 2.41. The standard InChI is InChI=1S/C19H27N5O4S3/c1-10(2)12-7-14(28-8-12)15(11(3)4)21-18-17(22-30-23-18)20-13-9-29-19(16(13)25)31(26,27)24(5)6/h7-11,15,25H,1-6H3,(H,20,22)(H,21,23)/t15-/m1/s1. The van der Waals surface area contributed by atoms with Crippen molar-refractivity contribution in [2.45, 2.75) is 43.9 Å². The monoisotopic (exact) mass is 485 g/mol. The van der Waals surface area contributed by atoms with Crippen LogP contribution in [0.4, 0.5) is 17.3 Å². The largest absolute Gasteiger partial charge is 0.504 e. The van der Waals surface area contributed by atoms with Gasteiger partial charge in [-0.2, -0.15) is 8.75 Å². The molecule has 9 nitrogen and oxygen atoms in total. The number of aromatic nitrogens is 2. The zero-order valence-electron chi connectivity index (χ0n) is 18.2. The van der Waals surface area contributed by atoms with Gasteiger partial charge in [-0.15, -0.1) is 11.3 Å². The first-order valence-corrected chi connectivity index (χ1v) is 12.7. The van der Waals surface area contributed by atoms with Gasteiger partial charge in [0.1, 0.15) is 5.76 Å². The third-order valence-corrected chi connectivity index (χ3v) is 8.59. The van der Waals surface area contributed by atoms with Crippen LogP contribution in [-0.2, 0) is 10.0 Å². The summed E-state index contributed by atoms with van der Waals surface area (Å²) in [6.07, 6.45) is 1.77. The van der Waals surface area contributed by atoms with E-state index in [1.54, 1.807) is 6.26 Å². The van der Waals surface area contributed by atoms with Gasteiger partial charge in [-0.25, -0.2) is 12.7 Å². The average Bonchev–Trinajstić information content (AvgIpc) is 3.41. The topological polar surface area (TPSA) is 121 Å². The number of anilines is 3. The molecule has 1 atom stereocenters. The number of sulfonamides is 1. The van der Waals surface area contributed by atoms with Crippen LogP contribution in [-0.4, -0.2) is 40.7 Å². The minimum absolute atomic E-state index is 0.130. The van der Waals surface area contributed by atoms with Crippen molar-refractivity contribution in [1.82, 2.24) is 13.1 Å². The molecule has 0 unspecified atom stereocenters. The highest BCUT2D eigenvalue weighted by Gasteiger charge is 2.27. The van der Waals surface area contributed by atoms with Gasteiger partial charge in [0.25, 0.3) is 10.0 Å². The Morgan fingerprint density at radius 1 is 1.16 bits per heavy atom. The smallest absolute Gasteiger partial charge is 0.255 e. The molecule has 3 aromatic heterocycles. The summed E-state index contributed by atoms with van der Waals surface area (Å²) >= 11 is 1.95. The van der Waals surface area contributed by atoms with E-state index in [1.165, 1.54) is 19.5 Å². The molecule has 31 heavy (non-hydrogen) atoms. The second kappa shape index (κ2) is 9.15. The second-order valence-electron chi connectivity index (χ2n) is 7.96. The van der Waals surface area contributed by atoms with Crippen LogP contribution < -0.4 is 10.6 Å². The number of furan rings is 1. The summed E-state index contributed by atoms with van der Waals surface area (Å²) in [4.78, 5) is 0. The van der Waals surface area contributed by atoms with Crippen LogP contribution in [0.5, 0.6) is 5.75 Å². The van der Waals surface area contributed by atoms with E-state index in [-0.39, 0.29) is 27.6 Å². The fourth-order valence-corrected chi connectivity index (χ4v) is 5.67. The summed E-state index contributed by atoms with van der Waals surface area (Å²) in [7, 11) is -0.914. The fraction of sp³-hybridized carbons (Fsp3) is 0.474. The molecule has 0 aliphatic rings. The molecule has 3 N–H and O–H groups in total. The van der Waals surface area contributed by atoms with Gasteiger partial charge in [-0.1, -0.05) is 27.7 Å². The quantitative estimate of drug-likeness (QED) is 0.394. The molecule has 0 spiro atoms. The number of hydrogen-bond acceptors (Lipinski definition) is 10. The Kier molecular flexibility index (Phi) is 6.94. The van der Waals surface area contributed by atoms with Crippen LogP contribution in [0.25, 0.3) is 0 Å². The Bertz CT molecular complexity index is 1130. The van der Waals surface area contributed by atoms with Crippen molar-refractivity contribution in [3.05, 3.63) is 29.0 Å². The van der Waals surface area contributed by atoms with Crippen molar-refractivity contribution < 1.29 is 17.9 Å². The van der Waals surface area contributed by atoms with E-state index in [2.05, 4.69) is 47.1 Å². The average molecular weight is 486 g/mol. The van der Waals surface area contributed by atoms with E-state index in [0.717, 1.165) is 38.7 Å². The first kappa shape index (κ1) is 23.5.